The first-order valence-electron chi connectivity index (χ1n) is 7.16. The Hall–Kier alpha value is -0.580. The van der Waals surface area contributed by atoms with Gasteiger partial charge in [-0.05, 0) is 43.2 Å². The fourth-order valence-corrected chi connectivity index (χ4v) is 4.65. The van der Waals surface area contributed by atoms with Crippen LogP contribution in [0.5, 0.6) is 0 Å². The van der Waals surface area contributed by atoms with Crippen LogP contribution in [0.15, 0.2) is 29.2 Å². The highest BCUT2D eigenvalue weighted by Gasteiger charge is 2.26. The Morgan fingerprint density at radius 1 is 1.20 bits per heavy atom. The van der Waals surface area contributed by atoms with Gasteiger partial charge >= 0.3 is 0 Å². The van der Waals surface area contributed by atoms with Crippen molar-refractivity contribution in [1.29, 1.82) is 0 Å². The van der Waals surface area contributed by atoms with Gasteiger partial charge in [-0.3, -0.25) is 0 Å². The minimum absolute atomic E-state index is 0.361. The SMILES string of the molecule is Cc1ccccc1S(=O)(=O)NCC1CCCCC1CCl. The van der Waals surface area contributed by atoms with E-state index in [1.165, 1.54) is 12.8 Å². The Morgan fingerprint density at radius 2 is 1.85 bits per heavy atom. The maximum Gasteiger partial charge on any atom is 0.240 e. The number of sulfonamides is 1. The minimum atomic E-state index is -3.42. The molecule has 20 heavy (non-hydrogen) atoms. The molecule has 1 saturated carbocycles. The van der Waals surface area contributed by atoms with Crippen LogP contribution >= 0.6 is 11.6 Å². The van der Waals surface area contributed by atoms with E-state index in [4.69, 9.17) is 11.6 Å². The van der Waals surface area contributed by atoms with Gasteiger partial charge in [-0.2, -0.15) is 0 Å². The van der Waals surface area contributed by atoms with Crippen molar-refractivity contribution in [3.05, 3.63) is 29.8 Å². The smallest absolute Gasteiger partial charge is 0.211 e. The van der Waals surface area contributed by atoms with Gasteiger partial charge in [0.2, 0.25) is 10.0 Å². The van der Waals surface area contributed by atoms with E-state index in [0.29, 0.717) is 29.2 Å². The van der Waals surface area contributed by atoms with Crippen molar-refractivity contribution < 1.29 is 8.42 Å². The van der Waals surface area contributed by atoms with E-state index < -0.39 is 10.0 Å². The molecule has 1 aliphatic carbocycles. The second kappa shape index (κ2) is 6.92. The minimum Gasteiger partial charge on any atom is -0.211 e. The van der Waals surface area contributed by atoms with Gasteiger partial charge in [0.1, 0.15) is 0 Å². The number of halogens is 1. The molecule has 1 aromatic rings. The third-order valence-corrected chi connectivity index (χ3v) is 6.16. The molecule has 0 aromatic heterocycles. The number of benzene rings is 1. The van der Waals surface area contributed by atoms with E-state index in [9.17, 15) is 8.42 Å². The zero-order chi connectivity index (χ0) is 14.6. The lowest BCUT2D eigenvalue weighted by molar-refractivity contribution is 0.260. The van der Waals surface area contributed by atoms with E-state index >= 15 is 0 Å². The van der Waals surface area contributed by atoms with E-state index in [1.54, 1.807) is 12.1 Å². The Kier molecular flexibility index (Phi) is 5.47. The zero-order valence-corrected chi connectivity index (χ0v) is 13.4. The van der Waals surface area contributed by atoms with Crippen LogP contribution in [0.25, 0.3) is 0 Å². The zero-order valence-electron chi connectivity index (χ0n) is 11.8. The molecule has 1 fully saturated rings. The molecule has 2 atom stereocenters. The maximum atomic E-state index is 12.3. The molecule has 0 saturated heterocycles. The molecule has 0 radical (unpaired) electrons. The highest BCUT2D eigenvalue weighted by atomic mass is 35.5. The van der Waals surface area contributed by atoms with Gasteiger partial charge in [0.05, 0.1) is 4.90 Å². The number of nitrogens with one attached hydrogen (secondary N) is 1. The van der Waals surface area contributed by atoms with Crippen LogP contribution in [-0.4, -0.2) is 20.8 Å². The van der Waals surface area contributed by atoms with Gasteiger partial charge < -0.3 is 0 Å². The van der Waals surface area contributed by atoms with Gasteiger partial charge in [-0.1, -0.05) is 31.0 Å². The monoisotopic (exact) mass is 315 g/mol. The van der Waals surface area contributed by atoms with Crippen LogP contribution in [-0.2, 0) is 10.0 Å². The fraction of sp³-hybridized carbons (Fsp3) is 0.600. The molecule has 2 unspecified atom stereocenters. The third kappa shape index (κ3) is 3.74. The largest absolute Gasteiger partial charge is 0.240 e. The molecule has 1 N–H and O–H groups in total. The lowest BCUT2D eigenvalue weighted by atomic mass is 9.80. The molecular formula is C15H22ClNO2S. The summed E-state index contributed by atoms with van der Waals surface area (Å²) in [4.78, 5) is 0.373. The molecule has 1 aliphatic rings. The molecule has 0 amide bonds. The van der Waals surface area contributed by atoms with E-state index in [0.717, 1.165) is 18.4 Å². The Labute approximate surface area is 126 Å². The highest BCUT2D eigenvalue weighted by molar-refractivity contribution is 7.89. The Bertz CT molecular complexity index is 545. The van der Waals surface area contributed by atoms with Gasteiger partial charge in [0.25, 0.3) is 0 Å². The molecule has 3 nitrogen and oxygen atoms in total. The van der Waals surface area contributed by atoms with Crippen molar-refractivity contribution in [2.75, 3.05) is 12.4 Å². The normalized spacial score (nSPS) is 23.7. The second-order valence-electron chi connectivity index (χ2n) is 5.58. The van der Waals surface area contributed by atoms with Crippen LogP contribution in [0.2, 0.25) is 0 Å². The topological polar surface area (TPSA) is 46.2 Å². The summed E-state index contributed by atoms with van der Waals surface area (Å²) in [6, 6.07) is 7.07. The summed E-state index contributed by atoms with van der Waals surface area (Å²) < 4.78 is 27.5. The molecular weight excluding hydrogens is 294 g/mol. The number of hydrogen-bond acceptors (Lipinski definition) is 2. The standard InChI is InChI=1S/C15H22ClNO2S/c1-12-6-2-5-9-15(12)20(18,19)17-11-14-8-4-3-7-13(14)10-16/h2,5-6,9,13-14,17H,3-4,7-8,10-11H2,1H3. The Morgan fingerprint density at radius 3 is 2.50 bits per heavy atom. The van der Waals surface area contributed by atoms with Crippen LogP contribution in [0.1, 0.15) is 31.2 Å². The van der Waals surface area contributed by atoms with Crippen molar-refractivity contribution in [3.8, 4) is 0 Å². The molecule has 0 aliphatic heterocycles. The predicted molar refractivity (Wildman–Crippen MR) is 82.5 cm³/mol. The van der Waals surface area contributed by atoms with Crippen LogP contribution in [0.3, 0.4) is 0 Å². The van der Waals surface area contributed by atoms with Gasteiger partial charge in [-0.15, -0.1) is 11.6 Å². The van der Waals surface area contributed by atoms with Crippen LogP contribution in [0.4, 0.5) is 0 Å². The van der Waals surface area contributed by atoms with Gasteiger partial charge in [0, 0.05) is 12.4 Å². The lowest BCUT2D eigenvalue weighted by Crippen LogP contribution is -2.35. The van der Waals surface area contributed by atoms with Crippen molar-refractivity contribution in [3.63, 3.8) is 0 Å². The number of hydrogen-bond donors (Lipinski definition) is 1. The van der Waals surface area contributed by atoms with Crippen molar-refractivity contribution >= 4 is 21.6 Å². The summed E-state index contributed by atoms with van der Waals surface area (Å²) in [6.45, 7) is 2.31. The molecule has 2 rings (SSSR count). The Balaban J connectivity index is 2.04. The van der Waals surface area contributed by atoms with E-state index in [2.05, 4.69) is 4.72 Å². The molecule has 5 heteroatoms. The second-order valence-corrected chi connectivity index (χ2v) is 7.62. The van der Waals surface area contributed by atoms with Crippen LogP contribution < -0.4 is 4.72 Å². The van der Waals surface area contributed by atoms with Gasteiger partial charge in [-0.25, -0.2) is 13.1 Å². The first kappa shape index (κ1) is 15.8. The fourth-order valence-electron chi connectivity index (χ4n) is 2.91. The molecule has 0 heterocycles. The summed E-state index contributed by atoms with van der Waals surface area (Å²) in [5.74, 6) is 1.42. The number of rotatable bonds is 5. The summed E-state index contributed by atoms with van der Waals surface area (Å²) in [7, 11) is -3.42. The first-order chi connectivity index (χ1) is 9.54. The average molecular weight is 316 g/mol. The molecule has 1 aromatic carbocycles. The van der Waals surface area contributed by atoms with Crippen molar-refractivity contribution in [1.82, 2.24) is 4.72 Å². The summed E-state index contributed by atoms with van der Waals surface area (Å²) in [6.07, 6.45) is 4.55. The number of aryl methyl sites for hydroxylation is 1. The number of alkyl halides is 1. The van der Waals surface area contributed by atoms with Crippen molar-refractivity contribution in [2.45, 2.75) is 37.5 Å². The third-order valence-electron chi connectivity index (χ3n) is 4.18. The molecule has 0 spiro atoms. The summed E-state index contributed by atoms with van der Waals surface area (Å²) in [5, 5.41) is 0. The maximum absolute atomic E-state index is 12.3. The van der Waals surface area contributed by atoms with Crippen LogP contribution in [0, 0.1) is 18.8 Å². The molecule has 0 bridgehead atoms. The highest BCUT2D eigenvalue weighted by Crippen LogP contribution is 2.30. The molecule has 112 valence electrons. The summed E-state index contributed by atoms with van der Waals surface area (Å²) in [5.41, 5.74) is 0.775. The average Bonchev–Trinajstić information content (AvgIpc) is 2.46. The predicted octanol–water partition coefficient (Wildman–Crippen LogP) is 3.32. The van der Waals surface area contributed by atoms with E-state index in [-0.39, 0.29) is 0 Å². The first-order valence-corrected chi connectivity index (χ1v) is 9.17. The lowest BCUT2D eigenvalue weighted by Gasteiger charge is -2.30. The quantitative estimate of drug-likeness (QED) is 0.847. The summed E-state index contributed by atoms with van der Waals surface area (Å²) >= 11 is 5.99. The van der Waals surface area contributed by atoms with Crippen molar-refractivity contribution in [2.24, 2.45) is 11.8 Å². The van der Waals surface area contributed by atoms with Gasteiger partial charge in [0.15, 0.2) is 0 Å². The van der Waals surface area contributed by atoms with E-state index in [1.807, 2.05) is 19.1 Å².